The van der Waals surface area contributed by atoms with E-state index < -0.39 is 0 Å². The van der Waals surface area contributed by atoms with E-state index in [1.54, 1.807) is 12.1 Å². The molecule has 1 nitrogen and oxygen atoms in total. The fourth-order valence-corrected chi connectivity index (χ4v) is 1.95. The van der Waals surface area contributed by atoms with Crippen molar-refractivity contribution in [2.75, 3.05) is 6.54 Å². The van der Waals surface area contributed by atoms with Crippen LogP contribution >= 0.6 is 0 Å². The third-order valence-electron chi connectivity index (χ3n) is 2.80. The van der Waals surface area contributed by atoms with E-state index in [1.807, 2.05) is 6.07 Å². The van der Waals surface area contributed by atoms with Crippen molar-refractivity contribution < 1.29 is 4.39 Å². The smallest absolute Gasteiger partial charge is 0.123 e. The first kappa shape index (κ1) is 13.2. The van der Waals surface area contributed by atoms with Gasteiger partial charge in [0, 0.05) is 6.04 Å². The minimum Gasteiger partial charge on any atom is -0.310 e. The lowest BCUT2D eigenvalue weighted by Crippen LogP contribution is -2.20. The van der Waals surface area contributed by atoms with Gasteiger partial charge in [0.1, 0.15) is 5.82 Å². The number of nitrogens with one attached hydrogen (secondary N) is 1. The van der Waals surface area contributed by atoms with Crippen LogP contribution in [0.2, 0.25) is 0 Å². The van der Waals surface area contributed by atoms with Crippen molar-refractivity contribution in [3.05, 3.63) is 35.6 Å². The predicted octanol–water partition coefficient (Wildman–Crippen LogP) is 4.06. The van der Waals surface area contributed by atoms with Gasteiger partial charge in [0.2, 0.25) is 0 Å². The zero-order chi connectivity index (χ0) is 11.8. The maximum atomic E-state index is 13.1. The molecule has 1 atom stereocenters. The highest BCUT2D eigenvalue weighted by Crippen LogP contribution is 2.20. The second-order valence-corrected chi connectivity index (χ2v) is 4.16. The van der Waals surface area contributed by atoms with Gasteiger partial charge in [0.15, 0.2) is 0 Å². The molecule has 16 heavy (non-hydrogen) atoms. The summed E-state index contributed by atoms with van der Waals surface area (Å²) in [7, 11) is 0. The van der Waals surface area contributed by atoms with Gasteiger partial charge in [-0.2, -0.15) is 0 Å². The van der Waals surface area contributed by atoms with E-state index >= 15 is 0 Å². The first-order chi connectivity index (χ1) is 7.77. The van der Waals surface area contributed by atoms with Crippen molar-refractivity contribution in [3.8, 4) is 0 Å². The summed E-state index contributed by atoms with van der Waals surface area (Å²) in [5, 5.41) is 3.42. The van der Waals surface area contributed by atoms with Crippen LogP contribution in [0.4, 0.5) is 4.39 Å². The largest absolute Gasteiger partial charge is 0.310 e. The standard InChI is InChI=1S/C14H22FN/c1-3-5-6-10-14(16-4-2)12-8-7-9-13(15)11-12/h7-9,11,14,16H,3-6,10H2,1-2H3. The normalized spacial score (nSPS) is 12.7. The highest BCUT2D eigenvalue weighted by Gasteiger charge is 2.09. The lowest BCUT2D eigenvalue weighted by atomic mass is 10.0. The number of halogens is 1. The van der Waals surface area contributed by atoms with Gasteiger partial charge in [0.05, 0.1) is 0 Å². The van der Waals surface area contributed by atoms with Crippen molar-refractivity contribution in [3.63, 3.8) is 0 Å². The quantitative estimate of drug-likeness (QED) is 0.687. The Morgan fingerprint density at radius 3 is 2.69 bits per heavy atom. The van der Waals surface area contributed by atoms with E-state index in [0.29, 0.717) is 6.04 Å². The van der Waals surface area contributed by atoms with Gasteiger partial charge < -0.3 is 5.32 Å². The van der Waals surface area contributed by atoms with Crippen molar-refractivity contribution >= 4 is 0 Å². The van der Waals surface area contributed by atoms with Crippen LogP contribution < -0.4 is 5.32 Å². The van der Waals surface area contributed by atoms with Crippen molar-refractivity contribution in [1.82, 2.24) is 5.32 Å². The Morgan fingerprint density at radius 2 is 2.06 bits per heavy atom. The van der Waals surface area contributed by atoms with E-state index in [2.05, 4.69) is 19.2 Å². The Labute approximate surface area is 98.1 Å². The molecule has 0 radical (unpaired) electrons. The summed E-state index contributed by atoms with van der Waals surface area (Å²) in [4.78, 5) is 0. The summed E-state index contributed by atoms with van der Waals surface area (Å²) in [5.74, 6) is -0.143. The van der Waals surface area contributed by atoms with Crippen molar-refractivity contribution in [1.29, 1.82) is 0 Å². The lowest BCUT2D eigenvalue weighted by molar-refractivity contribution is 0.483. The van der Waals surface area contributed by atoms with Crippen molar-refractivity contribution in [2.45, 2.75) is 45.6 Å². The molecule has 90 valence electrons. The molecule has 0 aliphatic rings. The summed E-state index contributed by atoms with van der Waals surface area (Å²) in [6, 6.07) is 7.22. The molecular weight excluding hydrogens is 201 g/mol. The summed E-state index contributed by atoms with van der Waals surface area (Å²) in [6.45, 7) is 5.21. The first-order valence-corrected chi connectivity index (χ1v) is 6.26. The van der Waals surface area contributed by atoms with Crippen LogP contribution in [0.3, 0.4) is 0 Å². The van der Waals surface area contributed by atoms with Crippen molar-refractivity contribution in [2.24, 2.45) is 0 Å². The van der Waals surface area contributed by atoms with Crippen LogP contribution in [-0.4, -0.2) is 6.54 Å². The summed E-state index contributed by atoms with van der Waals surface area (Å²) in [5.41, 5.74) is 1.07. The van der Waals surface area contributed by atoms with Crippen LogP contribution in [0.25, 0.3) is 0 Å². The van der Waals surface area contributed by atoms with E-state index in [0.717, 1.165) is 18.5 Å². The lowest BCUT2D eigenvalue weighted by Gasteiger charge is -2.18. The second-order valence-electron chi connectivity index (χ2n) is 4.16. The third kappa shape index (κ3) is 4.31. The summed E-state index contributed by atoms with van der Waals surface area (Å²) < 4.78 is 13.1. The first-order valence-electron chi connectivity index (χ1n) is 6.26. The van der Waals surface area contributed by atoms with E-state index in [-0.39, 0.29) is 5.82 Å². The molecule has 0 fully saturated rings. The van der Waals surface area contributed by atoms with Gasteiger partial charge in [0.25, 0.3) is 0 Å². The van der Waals surface area contributed by atoms with Gasteiger partial charge in [-0.15, -0.1) is 0 Å². The highest BCUT2D eigenvalue weighted by molar-refractivity contribution is 5.20. The molecule has 0 saturated carbocycles. The molecule has 1 rings (SSSR count). The average molecular weight is 223 g/mol. The minimum absolute atomic E-state index is 0.143. The third-order valence-corrected chi connectivity index (χ3v) is 2.80. The van der Waals surface area contributed by atoms with Gasteiger partial charge in [-0.25, -0.2) is 4.39 Å². The molecule has 1 aromatic rings. The molecule has 0 amide bonds. The number of unbranched alkanes of at least 4 members (excludes halogenated alkanes) is 2. The van der Waals surface area contributed by atoms with Crippen LogP contribution in [0.15, 0.2) is 24.3 Å². The Bertz CT molecular complexity index is 299. The molecule has 1 aromatic carbocycles. The zero-order valence-corrected chi connectivity index (χ0v) is 10.3. The number of hydrogen-bond acceptors (Lipinski definition) is 1. The monoisotopic (exact) mass is 223 g/mol. The number of rotatable bonds is 7. The van der Waals surface area contributed by atoms with Crippen LogP contribution in [0.1, 0.15) is 51.1 Å². The van der Waals surface area contributed by atoms with Gasteiger partial charge >= 0.3 is 0 Å². The van der Waals surface area contributed by atoms with Gasteiger partial charge in [-0.05, 0) is 30.7 Å². The molecule has 0 spiro atoms. The molecular formula is C14H22FN. The van der Waals surface area contributed by atoms with Crippen LogP contribution in [0.5, 0.6) is 0 Å². The van der Waals surface area contributed by atoms with E-state index in [4.69, 9.17) is 0 Å². The fourth-order valence-electron chi connectivity index (χ4n) is 1.95. The zero-order valence-electron chi connectivity index (χ0n) is 10.3. The maximum Gasteiger partial charge on any atom is 0.123 e. The Hall–Kier alpha value is -0.890. The maximum absolute atomic E-state index is 13.1. The topological polar surface area (TPSA) is 12.0 Å². The van der Waals surface area contributed by atoms with E-state index in [9.17, 15) is 4.39 Å². The Kier molecular flexibility index (Phi) is 6.09. The van der Waals surface area contributed by atoms with E-state index in [1.165, 1.54) is 25.3 Å². The molecule has 0 bridgehead atoms. The molecule has 0 aromatic heterocycles. The van der Waals surface area contributed by atoms with Crippen LogP contribution in [0, 0.1) is 5.82 Å². The highest BCUT2D eigenvalue weighted by atomic mass is 19.1. The molecule has 1 N–H and O–H groups in total. The SMILES string of the molecule is CCCCCC(NCC)c1cccc(F)c1. The molecule has 0 saturated heterocycles. The Balaban J connectivity index is 2.61. The average Bonchev–Trinajstić information content (AvgIpc) is 2.28. The second kappa shape index (κ2) is 7.39. The summed E-state index contributed by atoms with van der Waals surface area (Å²) >= 11 is 0. The van der Waals surface area contributed by atoms with Gasteiger partial charge in [-0.3, -0.25) is 0 Å². The fraction of sp³-hybridized carbons (Fsp3) is 0.571. The molecule has 0 heterocycles. The predicted molar refractivity (Wildman–Crippen MR) is 67.0 cm³/mol. The number of benzene rings is 1. The number of hydrogen-bond donors (Lipinski definition) is 1. The summed E-state index contributed by atoms with van der Waals surface area (Å²) in [6.07, 6.45) is 4.76. The molecule has 1 unspecified atom stereocenters. The minimum atomic E-state index is -0.143. The Morgan fingerprint density at radius 1 is 1.25 bits per heavy atom. The molecule has 0 aliphatic heterocycles. The molecule has 2 heteroatoms. The van der Waals surface area contributed by atoms with Gasteiger partial charge in [-0.1, -0.05) is 45.2 Å². The van der Waals surface area contributed by atoms with Crippen LogP contribution in [-0.2, 0) is 0 Å². The molecule has 0 aliphatic carbocycles.